The fourth-order valence-corrected chi connectivity index (χ4v) is 3.80. The van der Waals surface area contributed by atoms with Gasteiger partial charge in [-0.3, -0.25) is 4.79 Å². The first-order chi connectivity index (χ1) is 13.4. The largest absolute Gasteiger partial charge is 0.465 e. The summed E-state index contributed by atoms with van der Waals surface area (Å²) >= 11 is 0. The lowest BCUT2D eigenvalue weighted by Crippen LogP contribution is -2.62. The van der Waals surface area contributed by atoms with E-state index in [9.17, 15) is 14.4 Å². The molecule has 1 aromatic carbocycles. The maximum Gasteiger partial charge on any atom is 0.407 e. The van der Waals surface area contributed by atoms with E-state index in [2.05, 4.69) is 11.8 Å². The molecule has 3 N–H and O–H groups in total. The van der Waals surface area contributed by atoms with Gasteiger partial charge in [0, 0.05) is 42.7 Å². The van der Waals surface area contributed by atoms with Crippen LogP contribution in [0.2, 0.25) is 0 Å². The molecular formula is C20H23N3O5. The van der Waals surface area contributed by atoms with Gasteiger partial charge < -0.3 is 25.4 Å². The molecule has 1 spiro atoms. The molecule has 1 aromatic rings. The molecule has 2 amide bonds. The SMILES string of the molecule is COC(=O)c1ccc(C(=O)N2CCC3(CC2)CN(C(=O)O)C3)cc1C#CCN. The van der Waals surface area contributed by atoms with Crippen LogP contribution in [0.5, 0.6) is 0 Å². The number of carbonyl (C=O) groups excluding carboxylic acids is 2. The number of nitrogens with two attached hydrogens (primary N) is 1. The molecular weight excluding hydrogens is 362 g/mol. The van der Waals surface area contributed by atoms with Crippen LogP contribution in [0.15, 0.2) is 18.2 Å². The number of benzene rings is 1. The number of carboxylic acid groups (broad SMARTS) is 1. The number of rotatable bonds is 2. The topological polar surface area (TPSA) is 113 Å². The summed E-state index contributed by atoms with van der Waals surface area (Å²) in [5.41, 5.74) is 6.57. The highest BCUT2D eigenvalue weighted by Crippen LogP contribution is 2.40. The van der Waals surface area contributed by atoms with Gasteiger partial charge in [-0.15, -0.1) is 0 Å². The van der Waals surface area contributed by atoms with Crippen LogP contribution in [0.25, 0.3) is 0 Å². The minimum atomic E-state index is -0.888. The Bertz CT molecular complexity index is 854. The van der Waals surface area contributed by atoms with Crippen LogP contribution in [0.1, 0.15) is 39.1 Å². The first-order valence-corrected chi connectivity index (χ1v) is 9.07. The molecule has 2 saturated heterocycles. The van der Waals surface area contributed by atoms with Crippen LogP contribution < -0.4 is 5.73 Å². The maximum absolute atomic E-state index is 12.9. The monoisotopic (exact) mass is 385 g/mol. The van der Waals surface area contributed by atoms with E-state index in [1.807, 2.05) is 0 Å². The molecule has 0 aromatic heterocycles. The van der Waals surface area contributed by atoms with Gasteiger partial charge in [-0.1, -0.05) is 11.8 Å². The van der Waals surface area contributed by atoms with Crippen molar-refractivity contribution in [1.29, 1.82) is 0 Å². The lowest BCUT2D eigenvalue weighted by molar-refractivity contribution is -0.0299. The Morgan fingerprint density at radius 2 is 1.89 bits per heavy atom. The first kappa shape index (κ1) is 19.7. The van der Waals surface area contributed by atoms with E-state index >= 15 is 0 Å². The van der Waals surface area contributed by atoms with Crippen molar-refractivity contribution in [2.75, 3.05) is 39.8 Å². The van der Waals surface area contributed by atoms with E-state index in [0.717, 1.165) is 12.8 Å². The van der Waals surface area contributed by atoms with Crippen molar-refractivity contribution in [2.45, 2.75) is 12.8 Å². The number of hydrogen-bond acceptors (Lipinski definition) is 5. The molecule has 2 heterocycles. The second-order valence-corrected chi connectivity index (χ2v) is 7.19. The zero-order chi connectivity index (χ0) is 20.3. The van der Waals surface area contributed by atoms with Crippen LogP contribution in [-0.2, 0) is 4.74 Å². The lowest BCUT2D eigenvalue weighted by Gasteiger charge is -2.52. The molecule has 28 heavy (non-hydrogen) atoms. The standard InChI is InChI=1S/C20H23N3O5/c1-28-18(25)16-5-4-15(11-14(16)3-2-8-21)17(24)22-9-6-20(7-10-22)12-23(13-20)19(26)27/h4-5,11H,6-10,12-13,21H2,1H3,(H,26,27). The third kappa shape index (κ3) is 3.80. The van der Waals surface area contributed by atoms with Gasteiger partial charge in [0.15, 0.2) is 0 Å². The quantitative estimate of drug-likeness (QED) is 0.580. The van der Waals surface area contributed by atoms with Gasteiger partial charge in [0.1, 0.15) is 0 Å². The number of hydrogen-bond donors (Lipinski definition) is 2. The Morgan fingerprint density at radius 1 is 1.21 bits per heavy atom. The fourth-order valence-electron chi connectivity index (χ4n) is 3.80. The van der Waals surface area contributed by atoms with E-state index < -0.39 is 12.1 Å². The highest BCUT2D eigenvalue weighted by atomic mass is 16.5. The predicted molar refractivity (Wildman–Crippen MR) is 101 cm³/mol. The van der Waals surface area contributed by atoms with Gasteiger partial charge in [-0.25, -0.2) is 9.59 Å². The number of piperidine rings is 1. The molecule has 3 rings (SSSR count). The molecule has 0 radical (unpaired) electrons. The molecule has 0 saturated carbocycles. The van der Waals surface area contributed by atoms with Crippen molar-refractivity contribution < 1.29 is 24.2 Å². The molecule has 2 fully saturated rings. The van der Waals surface area contributed by atoms with E-state index in [4.69, 9.17) is 15.6 Å². The number of nitrogens with zero attached hydrogens (tertiary/aromatic N) is 2. The van der Waals surface area contributed by atoms with Crippen LogP contribution in [0.4, 0.5) is 4.79 Å². The van der Waals surface area contributed by atoms with Crippen molar-refractivity contribution in [3.05, 3.63) is 34.9 Å². The normalized spacial score (nSPS) is 17.4. The van der Waals surface area contributed by atoms with E-state index in [1.54, 1.807) is 23.1 Å². The molecule has 8 heteroatoms. The number of esters is 1. The summed E-state index contributed by atoms with van der Waals surface area (Å²) in [6, 6.07) is 4.74. The minimum absolute atomic E-state index is 0.00166. The second-order valence-electron chi connectivity index (χ2n) is 7.19. The molecule has 0 bridgehead atoms. The van der Waals surface area contributed by atoms with E-state index in [0.29, 0.717) is 42.9 Å². The van der Waals surface area contributed by atoms with Gasteiger partial charge in [0.05, 0.1) is 19.2 Å². The Hall–Kier alpha value is -3.05. The number of likely N-dealkylation sites (tertiary alicyclic amines) is 2. The number of carbonyl (C=O) groups is 3. The highest BCUT2D eigenvalue weighted by molar-refractivity contribution is 5.98. The van der Waals surface area contributed by atoms with Crippen molar-refractivity contribution in [3.63, 3.8) is 0 Å². The summed E-state index contributed by atoms with van der Waals surface area (Å²) in [6.07, 6.45) is 0.673. The Balaban J connectivity index is 1.71. The van der Waals surface area contributed by atoms with Crippen molar-refractivity contribution in [3.8, 4) is 11.8 Å². The molecule has 148 valence electrons. The van der Waals surface area contributed by atoms with Gasteiger partial charge in [0.25, 0.3) is 5.91 Å². The molecule has 2 aliphatic heterocycles. The van der Waals surface area contributed by atoms with Gasteiger partial charge in [-0.05, 0) is 31.0 Å². The molecule has 2 aliphatic rings. The van der Waals surface area contributed by atoms with Crippen LogP contribution in [0.3, 0.4) is 0 Å². The number of amides is 2. The predicted octanol–water partition coefficient (Wildman–Crippen LogP) is 0.999. The lowest BCUT2D eigenvalue weighted by atomic mass is 9.72. The summed E-state index contributed by atoms with van der Waals surface area (Å²) in [5, 5.41) is 9.01. The fraction of sp³-hybridized carbons (Fsp3) is 0.450. The first-order valence-electron chi connectivity index (χ1n) is 9.07. The summed E-state index contributed by atoms with van der Waals surface area (Å²) in [5.74, 6) is 4.88. The molecule has 0 unspecified atom stereocenters. The Kier molecular flexibility index (Phi) is 5.56. The Morgan fingerprint density at radius 3 is 2.46 bits per heavy atom. The summed E-state index contributed by atoms with van der Waals surface area (Å²) in [4.78, 5) is 39.0. The molecule has 0 atom stereocenters. The average Bonchev–Trinajstić information content (AvgIpc) is 2.69. The molecule has 8 nitrogen and oxygen atoms in total. The summed E-state index contributed by atoms with van der Waals surface area (Å²) in [6.45, 7) is 2.37. The van der Waals surface area contributed by atoms with Crippen LogP contribution >= 0.6 is 0 Å². The smallest absolute Gasteiger partial charge is 0.407 e. The zero-order valence-corrected chi connectivity index (χ0v) is 15.7. The zero-order valence-electron chi connectivity index (χ0n) is 15.7. The number of ether oxygens (including phenoxy) is 1. The summed E-state index contributed by atoms with van der Waals surface area (Å²) < 4.78 is 4.76. The van der Waals surface area contributed by atoms with Crippen LogP contribution in [-0.4, -0.2) is 72.7 Å². The van der Waals surface area contributed by atoms with Gasteiger partial charge in [0.2, 0.25) is 0 Å². The van der Waals surface area contributed by atoms with Gasteiger partial charge >= 0.3 is 12.1 Å². The van der Waals surface area contributed by atoms with Crippen molar-refractivity contribution >= 4 is 18.0 Å². The number of methoxy groups -OCH3 is 1. The van der Waals surface area contributed by atoms with E-state index in [-0.39, 0.29) is 17.9 Å². The maximum atomic E-state index is 12.9. The van der Waals surface area contributed by atoms with Crippen LogP contribution in [0, 0.1) is 17.3 Å². The van der Waals surface area contributed by atoms with Crippen molar-refractivity contribution in [2.24, 2.45) is 11.1 Å². The summed E-state index contributed by atoms with van der Waals surface area (Å²) in [7, 11) is 1.29. The van der Waals surface area contributed by atoms with Gasteiger partial charge in [-0.2, -0.15) is 0 Å². The molecule has 0 aliphatic carbocycles. The second kappa shape index (κ2) is 7.90. The van der Waals surface area contributed by atoms with Crippen molar-refractivity contribution in [1.82, 2.24) is 9.80 Å². The highest BCUT2D eigenvalue weighted by Gasteiger charge is 2.47. The third-order valence-electron chi connectivity index (χ3n) is 5.43. The average molecular weight is 385 g/mol. The Labute approximate surface area is 163 Å². The minimum Gasteiger partial charge on any atom is -0.465 e. The van der Waals surface area contributed by atoms with E-state index in [1.165, 1.54) is 12.0 Å². The third-order valence-corrected chi connectivity index (χ3v) is 5.43.